The number of hydrogen-bond donors (Lipinski definition) is 1. The second-order valence-electron chi connectivity index (χ2n) is 5.52. The van der Waals surface area contributed by atoms with E-state index in [9.17, 15) is 9.59 Å². The molecular formula is C18H18Cl2N2O2. The Morgan fingerprint density at radius 1 is 1.08 bits per heavy atom. The molecule has 0 aliphatic heterocycles. The fourth-order valence-corrected chi connectivity index (χ4v) is 2.96. The second-order valence-corrected chi connectivity index (χ2v) is 6.36. The third kappa shape index (κ3) is 4.28. The van der Waals surface area contributed by atoms with Crippen molar-refractivity contribution >= 4 is 46.4 Å². The van der Waals surface area contributed by atoms with Gasteiger partial charge < -0.3 is 10.2 Å². The van der Waals surface area contributed by atoms with Crippen molar-refractivity contribution < 1.29 is 9.59 Å². The second kappa shape index (κ2) is 7.69. The highest BCUT2D eigenvalue weighted by Crippen LogP contribution is 2.27. The number of halogens is 2. The Morgan fingerprint density at radius 3 is 2.25 bits per heavy atom. The molecule has 0 fully saturated rings. The fraction of sp³-hybridized carbons (Fsp3) is 0.222. The van der Waals surface area contributed by atoms with Gasteiger partial charge in [-0.05, 0) is 43.2 Å². The highest BCUT2D eigenvalue weighted by molar-refractivity contribution is 6.36. The number of aryl methyl sites for hydroxylation is 2. The zero-order valence-electron chi connectivity index (χ0n) is 13.7. The van der Waals surface area contributed by atoms with Crippen LogP contribution in [0.5, 0.6) is 0 Å². The topological polar surface area (TPSA) is 49.4 Å². The van der Waals surface area contributed by atoms with Crippen LogP contribution in [-0.2, 0) is 9.59 Å². The van der Waals surface area contributed by atoms with Crippen LogP contribution >= 0.6 is 23.2 Å². The summed E-state index contributed by atoms with van der Waals surface area (Å²) >= 11 is 11.9. The van der Waals surface area contributed by atoms with Crippen LogP contribution in [-0.4, -0.2) is 18.4 Å². The van der Waals surface area contributed by atoms with Crippen molar-refractivity contribution in [1.29, 1.82) is 0 Å². The van der Waals surface area contributed by atoms with E-state index < -0.39 is 0 Å². The van der Waals surface area contributed by atoms with Crippen LogP contribution in [0.15, 0.2) is 36.4 Å². The van der Waals surface area contributed by atoms with E-state index in [-0.39, 0.29) is 18.4 Å². The minimum Gasteiger partial charge on any atom is -0.323 e. The molecule has 0 aliphatic rings. The first-order valence-corrected chi connectivity index (χ1v) is 8.14. The average Bonchev–Trinajstić information content (AvgIpc) is 2.48. The number of benzene rings is 2. The predicted molar refractivity (Wildman–Crippen MR) is 99.0 cm³/mol. The van der Waals surface area contributed by atoms with E-state index in [2.05, 4.69) is 5.32 Å². The van der Waals surface area contributed by atoms with Gasteiger partial charge in [-0.2, -0.15) is 0 Å². The SMILES string of the molecule is CC(=O)N(CC(=O)Nc1ccc(Cl)cc1Cl)c1c(C)cccc1C. The summed E-state index contributed by atoms with van der Waals surface area (Å²) in [7, 11) is 0. The molecule has 0 unspecified atom stereocenters. The predicted octanol–water partition coefficient (Wildman–Crippen LogP) is 4.60. The van der Waals surface area contributed by atoms with Crippen molar-refractivity contribution in [2.24, 2.45) is 0 Å². The molecule has 0 spiro atoms. The van der Waals surface area contributed by atoms with E-state index in [1.165, 1.54) is 11.8 Å². The minimum absolute atomic E-state index is 0.0972. The Bertz CT molecular complexity index is 770. The van der Waals surface area contributed by atoms with E-state index in [4.69, 9.17) is 23.2 Å². The summed E-state index contributed by atoms with van der Waals surface area (Å²) < 4.78 is 0. The highest BCUT2D eigenvalue weighted by Gasteiger charge is 2.19. The van der Waals surface area contributed by atoms with Gasteiger partial charge in [-0.25, -0.2) is 0 Å². The van der Waals surface area contributed by atoms with E-state index in [1.54, 1.807) is 18.2 Å². The first-order valence-electron chi connectivity index (χ1n) is 7.39. The highest BCUT2D eigenvalue weighted by atomic mass is 35.5. The normalized spacial score (nSPS) is 10.4. The van der Waals surface area contributed by atoms with Gasteiger partial charge in [0, 0.05) is 11.9 Å². The van der Waals surface area contributed by atoms with Crippen LogP contribution in [0.25, 0.3) is 0 Å². The van der Waals surface area contributed by atoms with E-state index >= 15 is 0 Å². The number of amides is 2. The summed E-state index contributed by atoms with van der Waals surface area (Å²) in [5.41, 5.74) is 3.07. The third-order valence-corrected chi connectivity index (χ3v) is 4.14. The monoisotopic (exact) mass is 364 g/mol. The van der Waals surface area contributed by atoms with E-state index in [1.807, 2.05) is 32.0 Å². The van der Waals surface area contributed by atoms with E-state index in [0.717, 1.165) is 16.8 Å². The molecule has 0 aromatic heterocycles. The number of carbonyl (C=O) groups is 2. The van der Waals surface area contributed by atoms with Gasteiger partial charge in [0.05, 0.1) is 16.4 Å². The van der Waals surface area contributed by atoms with Gasteiger partial charge in [0.1, 0.15) is 6.54 Å². The fourth-order valence-electron chi connectivity index (χ4n) is 2.50. The van der Waals surface area contributed by atoms with Crippen molar-refractivity contribution in [2.75, 3.05) is 16.8 Å². The molecule has 126 valence electrons. The number of nitrogens with zero attached hydrogens (tertiary/aromatic N) is 1. The summed E-state index contributed by atoms with van der Waals surface area (Å²) in [5.74, 6) is -0.540. The molecule has 2 rings (SSSR count). The molecule has 6 heteroatoms. The van der Waals surface area contributed by atoms with Gasteiger partial charge in [0.25, 0.3) is 0 Å². The Hall–Kier alpha value is -2.04. The summed E-state index contributed by atoms with van der Waals surface area (Å²) in [4.78, 5) is 25.9. The molecule has 2 aromatic rings. The molecule has 1 N–H and O–H groups in total. The number of anilines is 2. The lowest BCUT2D eigenvalue weighted by Crippen LogP contribution is -2.37. The summed E-state index contributed by atoms with van der Waals surface area (Å²) in [5, 5.41) is 3.54. The largest absolute Gasteiger partial charge is 0.323 e. The van der Waals surface area contributed by atoms with Gasteiger partial charge in [-0.15, -0.1) is 0 Å². The Balaban J connectivity index is 2.22. The first kappa shape index (κ1) is 18.3. The van der Waals surface area contributed by atoms with Gasteiger partial charge in [0.15, 0.2) is 0 Å². The zero-order valence-corrected chi connectivity index (χ0v) is 15.2. The number of nitrogens with one attached hydrogen (secondary N) is 1. The lowest BCUT2D eigenvalue weighted by molar-refractivity contribution is -0.120. The molecule has 24 heavy (non-hydrogen) atoms. The maximum atomic E-state index is 12.4. The summed E-state index contributed by atoms with van der Waals surface area (Å²) in [6.45, 7) is 5.16. The first-order chi connectivity index (χ1) is 11.3. The molecule has 0 saturated heterocycles. The van der Waals surface area contributed by atoms with Crippen LogP contribution in [0.4, 0.5) is 11.4 Å². The summed E-state index contributed by atoms with van der Waals surface area (Å²) in [6.07, 6.45) is 0. The molecule has 0 atom stereocenters. The average molecular weight is 365 g/mol. The molecule has 2 aromatic carbocycles. The number of hydrogen-bond acceptors (Lipinski definition) is 2. The Morgan fingerprint density at radius 2 is 1.71 bits per heavy atom. The molecule has 2 amide bonds. The van der Waals surface area contributed by atoms with Crippen molar-refractivity contribution in [2.45, 2.75) is 20.8 Å². The van der Waals surface area contributed by atoms with Crippen LogP contribution in [0, 0.1) is 13.8 Å². The van der Waals surface area contributed by atoms with Crippen molar-refractivity contribution in [3.05, 3.63) is 57.6 Å². The van der Waals surface area contributed by atoms with Gasteiger partial charge in [-0.1, -0.05) is 41.4 Å². The van der Waals surface area contributed by atoms with Gasteiger partial charge in [-0.3, -0.25) is 9.59 Å². The van der Waals surface area contributed by atoms with Crippen LogP contribution in [0.1, 0.15) is 18.1 Å². The maximum Gasteiger partial charge on any atom is 0.244 e. The quantitative estimate of drug-likeness (QED) is 0.861. The molecule has 0 saturated carbocycles. The standard InChI is InChI=1S/C18H18Cl2N2O2/c1-11-5-4-6-12(2)18(11)22(13(3)23)10-17(24)21-16-8-7-14(19)9-15(16)20/h4-9H,10H2,1-3H3,(H,21,24). The zero-order chi connectivity index (χ0) is 17.9. The summed E-state index contributed by atoms with van der Waals surface area (Å²) in [6, 6.07) is 10.5. The number of rotatable bonds is 4. The molecular weight excluding hydrogens is 347 g/mol. The van der Waals surface area contributed by atoms with Crippen LogP contribution < -0.4 is 10.2 Å². The lowest BCUT2D eigenvalue weighted by Gasteiger charge is -2.24. The van der Waals surface area contributed by atoms with Crippen molar-refractivity contribution in [3.63, 3.8) is 0 Å². The maximum absolute atomic E-state index is 12.4. The van der Waals surface area contributed by atoms with Gasteiger partial charge >= 0.3 is 0 Å². The van der Waals surface area contributed by atoms with Gasteiger partial charge in [0.2, 0.25) is 11.8 Å². The Kier molecular flexibility index (Phi) is 5.86. The van der Waals surface area contributed by atoms with Crippen molar-refractivity contribution in [1.82, 2.24) is 0 Å². The molecule has 0 bridgehead atoms. The third-order valence-electron chi connectivity index (χ3n) is 3.60. The molecule has 0 heterocycles. The lowest BCUT2D eigenvalue weighted by atomic mass is 10.1. The molecule has 0 radical (unpaired) electrons. The van der Waals surface area contributed by atoms with Crippen molar-refractivity contribution in [3.8, 4) is 0 Å². The minimum atomic E-state index is -0.336. The number of carbonyl (C=O) groups excluding carboxylic acids is 2. The van der Waals surface area contributed by atoms with Crippen LogP contribution in [0.2, 0.25) is 10.0 Å². The van der Waals surface area contributed by atoms with E-state index in [0.29, 0.717) is 15.7 Å². The van der Waals surface area contributed by atoms with Crippen LogP contribution in [0.3, 0.4) is 0 Å². The smallest absolute Gasteiger partial charge is 0.244 e. The Labute approximate surface area is 151 Å². The molecule has 0 aliphatic carbocycles. The molecule has 4 nitrogen and oxygen atoms in total. The number of para-hydroxylation sites is 1.